The van der Waals surface area contributed by atoms with E-state index in [1.165, 1.54) is 0 Å². The van der Waals surface area contributed by atoms with E-state index in [9.17, 15) is 9.59 Å². The SMILES string of the molecule is CC1(C)CC(OC(=O)c2cccc3c(-c4ccc(C(=O)OC5CC(C)(C)NC(C)(C)C5)c5ccccc45)cccc23)CC(C)(C)N1. The van der Waals surface area contributed by atoms with Crippen molar-refractivity contribution < 1.29 is 19.1 Å². The molecular weight excluding hydrogens is 572 g/mol. The van der Waals surface area contributed by atoms with Gasteiger partial charge in [0, 0.05) is 47.8 Å². The second-order valence-corrected chi connectivity index (χ2v) is 16.1. The van der Waals surface area contributed by atoms with Crippen LogP contribution in [0.25, 0.3) is 32.7 Å². The smallest absolute Gasteiger partial charge is 0.339 e. The zero-order chi connectivity index (χ0) is 33.1. The second kappa shape index (κ2) is 11.5. The van der Waals surface area contributed by atoms with Gasteiger partial charge in [-0.1, -0.05) is 60.7 Å². The molecule has 2 aliphatic rings. The zero-order valence-corrected chi connectivity index (χ0v) is 28.5. The fourth-order valence-corrected chi connectivity index (χ4v) is 8.49. The number of hydrogen-bond acceptors (Lipinski definition) is 6. The van der Waals surface area contributed by atoms with Gasteiger partial charge in [0.1, 0.15) is 12.2 Å². The third kappa shape index (κ3) is 6.70. The van der Waals surface area contributed by atoms with Crippen LogP contribution in [0.5, 0.6) is 0 Å². The van der Waals surface area contributed by atoms with Gasteiger partial charge in [-0.2, -0.15) is 0 Å². The van der Waals surface area contributed by atoms with E-state index in [0.29, 0.717) is 11.1 Å². The molecule has 0 radical (unpaired) electrons. The van der Waals surface area contributed by atoms with Crippen molar-refractivity contribution in [1.29, 1.82) is 0 Å². The quantitative estimate of drug-likeness (QED) is 0.218. The highest BCUT2D eigenvalue weighted by atomic mass is 16.5. The highest BCUT2D eigenvalue weighted by Crippen LogP contribution is 2.38. The third-order valence-electron chi connectivity index (χ3n) is 9.43. The first-order chi connectivity index (χ1) is 21.5. The lowest BCUT2D eigenvalue weighted by Gasteiger charge is -2.46. The molecule has 2 saturated heterocycles. The van der Waals surface area contributed by atoms with Crippen LogP contribution in [0.2, 0.25) is 0 Å². The maximum atomic E-state index is 13.7. The summed E-state index contributed by atoms with van der Waals surface area (Å²) in [5.74, 6) is -0.595. The predicted octanol–water partition coefficient (Wildman–Crippen LogP) is 8.59. The Bertz CT molecular complexity index is 1700. The molecule has 0 aromatic heterocycles. The minimum Gasteiger partial charge on any atom is -0.459 e. The molecule has 0 bridgehead atoms. The van der Waals surface area contributed by atoms with Crippen molar-refractivity contribution in [3.05, 3.63) is 83.9 Å². The summed E-state index contributed by atoms with van der Waals surface area (Å²) in [6.45, 7) is 17.2. The van der Waals surface area contributed by atoms with Gasteiger partial charge < -0.3 is 20.1 Å². The first kappa shape index (κ1) is 32.2. The van der Waals surface area contributed by atoms with Crippen LogP contribution >= 0.6 is 0 Å². The molecule has 0 amide bonds. The van der Waals surface area contributed by atoms with Gasteiger partial charge in [0.15, 0.2) is 0 Å². The molecule has 2 heterocycles. The fraction of sp³-hybridized carbons (Fsp3) is 0.450. The monoisotopic (exact) mass is 620 g/mol. The van der Waals surface area contributed by atoms with Gasteiger partial charge in [-0.3, -0.25) is 0 Å². The number of benzene rings is 4. The molecule has 6 nitrogen and oxygen atoms in total. The number of rotatable bonds is 5. The van der Waals surface area contributed by atoms with E-state index in [0.717, 1.165) is 58.4 Å². The van der Waals surface area contributed by atoms with E-state index in [-0.39, 0.29) is 46.3 Å². The molecule has 0 saturated carbocycles. The van der Waals surface area contributed by atoms with Gasteiger partial charge in [0.2, 0.25) is 0 Å². The molecule has 2 N–H and O–H groups in total. The number of carbonyl (C=O) groups excluding carboxylic acids is 2. The van der Waals surface area contributed by atoms with Crippen LogP contribution in [0.3, 0.4) is 0 Å². The molecule has 46 heavy (non-hydrogen) atoms. The van der Waals surface area contributed by atoms with E-state index in [2.05, 4.69) is 84.2 Å². The normalized spacial score (nSPS) is 20.8. The Kier molecular flexibility index (Phi) is 8.05. The Labute approximate surface area is 273 Å². The zero-order valence-electron chi connectivity index (χ0n) is 28.5. The van der Waals surface area contributed by atoms with Crippen LogP contribution in [-0.2, 0) is 9.47 Å². The summed E-state index contributed by atoms with van der Waals surface area (Å²) in [4.78, 5) is 27.3. The standard InChI is InChI=1S/C40H48N2O4/c1-37(2)21-25(22-38(3,4)41-37)45-35(43)33-18-12-16-28-29(15-11-17-31(28)33)32-19-20-34(30-14-10-9-13-27(30)32)36(44)46-26-23-39(5,6)42-40(7,8)24-26/h9-20,25-26,41-42H,21-24H2,1-8H3. The topological polar surface area (TPSA) is 76.7 Å². The summed E-state index contributed by atoms with van der Waals surface area (Å²) in [6.07, 6.45) is 2.68. The van der Waals surface area contributed by atoms with Gasteiger partial charge in [-0.15, -0.1) is 0 Å². The van der Waals surface area contributed by atoms with Crippen LogP contribution in [0.1, 0.15) is 102 Å². The average molecular weight is 621 g/mol. The number of esters is 2. The van der Waals surface area contributed by atoms with Crippen molar-refractivity contribution in [3.63, 3.8) is 0 Å². The Morgan fingerprint density at radius 1 is 0.500 bits per heavy atom. The number of carbonyl (C=O) groups is 2. The molecule has 0 spiro atoms. The highest BCUT2D eigenvalue weighted by Gasteiger charge is 2.41. The minimum absolute atomic E-state index is 0.126. The van der Waals surface area contributed by atoms with Crippen LogP contribution in [0.15, 0.2) is 72.8 Å². The van der Waals surface area contributed by atoms with Crippen molar-refractivity contribution in [2.24, 2.45) is 0 Å². The van der Waals surface area contributed by atoms with Gasteiger partial charge in [-0.25, -0.2) is 9.59 Å². The number of nitrogens with one attached hydrogen (secondary N) is 2. The molecule has 0 aliphatic carbocycles. The molecule has 2 fully saturated rings. The second-order valence-electron chi connectivity index (χ2n) is 16.1. The number of hydrogen-bond donors (Lipinski definition) is 2. The van der Waals surface area contributed by atoms with Crippen molar-refractivity contribution in [1.82, 2.24) is 10.6 Å². The molecule has 0 atom stereocenters. The lowest BCUT2D eigenvalue weighted by Crippen LogP contribution is -2.59. The molecule has 6 heteroatoms. The number of ether oxygens (including phenoxy) is 2. The lowest BCUT2D eigenvalue weighted by molar-refractivity contribution is -0.00748. The van der Waals surface area contributed by atoms with Crippen molar-refractivity contribution in [3.8, 4) is 11.1 Å². The Hall–Kier alpha value is -3.74. The van der Waals surface area contributed by atoms with E-state index in [4.69, 9.17) is 9.47 Å². The third-order valence-corrected chi connectivity index (χ3v) is 9.43. The molecule has 2 aliphatic heterocycles. The summed E-state index contributed by atoms with van der Waals surface area (Å²) >= 11 is 0. The van der Waals surface area contributed by atoms with Crippen LogP contribution in [0.4, 0.5) is 0 Å². The molecule has 4 aromatic rings. The van der Waals surface area contributed by atoms with Crippen molar-refractivity contribution in [2.75, 3.05) is 0 Å². The first-order valence-corrected chi connectivity index (χ1v) is 16.6. The Morgan fingerprint density at radius 3 is 1.37 bits per heavy atom. The largest absolute Gasteiger partial charge is 0.459 e. The predicted molar refractivity (Wildman–Crippen MR) is 186 cm³/mol. The van der Waals surface area contributed by atoms with Gasteiger partial charge in [0.25, 0.3) is 0 Å². The van der Waals surface area contributed by atoms with Gasteiger partial charge in [-0.05, 0) is 100 Å². The van der Waals surface area contributed by atoms with Crippen LogP contribution in [-0.4, -0.2) is 46.3 Å². The summed E-state index contributed by atoms with van der Waals surface area (Å²) < 4.78 is 12.3. The molecule has 6 rings (SSSR count). The Morgan fingerprint density at radius 2 is 0.870 bits per heavy atom. The van der Waals surface area contributed by atoms with E-state index in [1.54, 1.807) is 0 Å². The summed E-state index contributed by atoms with van der Waals surface area (Å²) in [7, 11) is 0. The molecule has 0 unspecified atom stereocenters. The maximum Gasteiger partial charge on any atom is 0.339 e. The average Bonchev–Trinajstić information content (AvgIpc) is 2.92. The fourth-order valence-electron chi connectivity index (χ4n) is 8.49. The number of piperidine rings is 2. The van der Waals surface area contributed by atoms with Crippen molar-refractivity contribution >= 4 is 33.5 Å². The molecule has 242 valence electrons. The summed E-state index contributed by atoms with van der Waals surface area (Å²) in [5, 5.41) is 10.9. The first-order valence-electron chi connectivity index (χ1n) is 16.6. The number of fused-ring (bicyclic) bond motifs is 2. The van der Waals surface area contributed by atoms with Crippen LogP contribution in [0, 0.1) is 0 Å². The van der Waals surface area contributed by atoms with Crippen LogP contribution < -0.4 is 10.6 Å². The summed E-state index contributed by atoms with van der Waals surface area (Å²) in [6, 6.07) is 23.8. The maximum absolute atomic E-state index is 13.7. The lowest BCUT2D eigenvalue weighted by atomic mass is 9.81. The van der Waals surface area contributed by atoms with E-state index < -0.39 is 0 Å². The molecular formula is C40H48N2O4. The minimum atomic E-state index is -0.298. The summed E-state index contributed by atoms with van der Waals surface area (Å²) in [5.41, 5.74) is 2.61. The Balaban J connectivity index is 1.33. The van der Waals surface area contributed by atoms with Gasteiger partial charge in [0.05, 0.1) is 11.1 Å². The van der Waals surface area contributed by atoms with Crippen molar-refractivity contribution in [2.45, 2.75) is 115 Å². The van der Waals surface area contributed by atoms with E-state index in [1.807, 2.05) is 54.6 Å². The van der Waals surface area contributed by atoms with Gasteiger partial charge >= 0.3 is 11.9 Å². The molecule has 4 aromatic carbocycles. The van der Waals surface area contributed by atoms with E-state index >= 15 is 0 Å². The highest BCUT2D eigenvalue weighted by molar-refractivity contribution is 6.14.